The lowest BCUT2D eigenvalue weighted by Gasteiger charge is -2.00. The minimum atomic E-state index is -0.670. The third kappa shape index (κ3) is 16.2. The largest absolute Gasteiger partial charge is 0.481 e. The van der Waals surface area contributed by atoms with Gasteiger partial charge in [-0.15, -0.1) is 11.6 Å². The van der Waals surface area contributed by atoms with E-state index < -0.39 is 5.97 Å². The third-order valence-electron chi connectivity index (χ3n) is 2.52. The monoisotopic (exact) mass is 251 g/mol. The minimum absolute atomic E-state index is 0. The molecule has 98 valence electrons. The third-order valence-corrected chi connectivity index (χ3v) is 2.79. The van der Waals surface area contributed by atoms with Gasteiger partial charge in [0.15, 0.2) is 0 Å². The number of unbranched alkanes of at least 4 members (excludes halogenated alkanes) is 8. The zero-order valence-corrected chi connectivity index (χ0v) is 11.0. The van der Waals surface area contributed by atoms with E-state index in [2.05, 4.69) is 0 Å². The molecule has 0 rings (SSSR count). The van der Waals surface area contributed by atoms with E-state index in [0.29, 0.717) is 6.42 Å². The second-order valence-electron chi connectivity index (χ2n) is 4.01. The molecule has 0 radical (unpaired) electrons. The van der Waals surface area contributed by atoms with Crippen molar-refractivity contribution in [2.45, 2.75) is 64.2 Å². The van der Waals surface area contributed by atoms with Crippen LogP contribution in [0.3, 0.4) is 0 Å². The molecule has 16 heavy (non-hydrogen) atoms. The smallest absolute Gasteiger partial charge is 0.303 e. The summed E-state index contributed by atoms with van der Waals surface area (Å²) in [7, 11) is 0. The van der Waals surface area contributed by atoms with Gasteiger partial charge in [0, 0.05) is 12.3 Å². The van der Waals surface area contributed by atoms with E-state index in [1.54, 1.807) is 0 Å². The molecule has 0 atom stereocenters. The molecule has 0 aliphatic carbocycles. The van der Waals surface area contributed by atoms with Crippen LogP contribution in [-0.4, -0.2) is 17.0 Å². The summed E-state index contributed by atoms with van der Waals surface area (Å²) in [5.41, 5.74) is 0. The van der Waals surface area contributed by atoms with E-state index in [-0.39, 0.29) is 6.15 Å². The van der Waals surface area contributed by atoms with E-state index >= 15 is 0 Å². The Labute approximate surface area is 104 Å². The van der Waals surface area contributed by atoms with Crippen molar-refractivity contribution in [1.82, 2.24) is 6.15 Å². The molecule has 0 aromatic rings. The topological polar surface area (TPSA) is 72.3 Å². The molecule has 0 aromatic carbocycles. The lowest BCUT2D eigenvalue weighted by molar-refractivity contribution is -0.137. The SMILES string of the molecule is N.O=C(O)CCCCCCCCCCCCl. The summed E-state index contributed by atoms with van der Waals surface area (Å²) >= 11 is 5.58. The Balaban J connectivity index is 0. The predicted molar refractivity (Wildman–Crippen MR) is 69.5 cm³/mol. The number of hydrogen-bond acceptors (Lipinski definition) is 2. The Bertz CT molecular complexity index is 154. The first-order valence-corrected chi connectivity index (χ1v) is 6.58. The average Bonchev–Trinajstić information content (AvgIpc) is 2.20. The molecule has 0 aromatic heterocycles. The zero-order valence-electron chi connectivity index (χ0n) is 10.2. The number of carboxylic acids is 1. The van der Waals surface area contributed by atoms with Gasteiger partial charge in [-0.05, 0) is 12.8 Å². The highest BCUT2D eigenvalue weighted by molar-refractivity contribution is 6.17. The first-order chi connectivity index (χ1) is 7.27. The summed E-state index contributed by atoms with van der Waals surface area (Å²) in [6.45, 7) is 0. The molecule has 0 amide bonds. The molecule has 0 unspecified atom stereocenters. The molecule has 4 N–H and O–H groups in total. The van der Waals surface area contributed by atoms with Crippen molar-refractivity contribution in [3.8, 4) is 0 Å². The fourth-order valence-electron chi connectivity index (χ4n) is 1.61. The van der Waals surface area contributed by atoms with Crippen LogP contribution < -0.4 is 6.15 Å². The average molecular weight is 252 g/mol. The molecular weight excluding hydrogens is 226 g/mol. The van der Waals surface area contributed by atoms with E-state index in [1.165, 1.54) is 38.5 Å². The Morgan fingerprint density at radius 2 is 1.19 bits per heavy atom. The molecular formula is C12H26ClNO2. The fourth-order valence-corrected chi connectivity index (χ4v) is 1.80. The highest BCUT2D eigenvalue weighted by Crippen LogP contribution is 2.10. The highest BCUT2D eigenvalue weighted by atomic mass is 35.5. The van der Waals surface area contributed by atoms with Crippen LogP contribution in [0.15, 0.2) is 0 Å². The van der Waals surface area contributed by atoms with Gasteiger partial charge >= 0.3 is 5.97 Å². The van der Waals surface area contributed by atoms with Gasteiger partial charge in [-0.2, -0.15) is 0 Å². The van der Waals surface area contributed by atoms with Crippen LogP contribution in [0.1, 0.15) is 64.2 Å². The molecule has 4 heteroatoms. The summed E-state index contributed by atoms with van der Waals surface area (Å²) < 4.78 is 0. The maximum Gasteiger partial charge on any atom is 0.303 e. The number of halogens is 1. The van der Waals surface area contributed by atoms with E-state index in [9.17, 15) is 4.79 Å². The van der Waals surface area contributed by atoms with Gasteiger partial charge in [-0.25, -0.2) is 0 Å². The van der Waals surface area contributed by atoms with Crippen LogP contribution in [0.4, 0.5) is 0 Å². The Morgan fingerprint density at radius 3 is 1.56 bits per heavy atom. The van der Waals surface area contributed by atoms with Crippen LogP contribution in [-0.2, 0) is 4.79 Å². The Kier molecular flexibility index (Phi) is 16.6. The molecule has 0 fully saturated rings. The molecule has 3 nitrogen and oxygen atoms in total. The van der Waals surface area contributed by atoms with E-state index in [1.807, 2.05) is 0 Å². The van der Waals surface area contributed by atoms with Crippen molar-refractivity contribution in [3.05, 3.63) is 0 Å². The van der Waals surface area contributed by atoms with Crippen molar-refractivity contribution in [1.29, 1.82) is 0 Å². The maximum absolute atomic E-state index is 10.2. The molecule has 0 saturated heterocycles. The van der Waals surface area contributed by atoms with Crippen molar-refractivity contribution in [3.63, 3.8) is 0 Å². The molecule has 0 spiro atoms. The number of rotatable bonds is 11. The number of alkyl halides is 1. The quantitative estimate of drug-likeness (QED) is 0.423. The van der Waals surface area contributed by atoms with E-state index in [0.717, 1.165) is 25.1 Å². The molecule has 0 heterocycles. The Morgan fingerprint density at radius 1 is 0.812 bits per heavy atom. The summed E-state index contributed by atoms with van der Waals surface area (Å²) in [4.78, 5) is 10.2. The van der Waals surface area contributed by atoms with Crippen molar-refractivity contribution < 1.29 is 9.90 Å². The van der Waals surface area contributed by atoms with Gasteiger partial charge in [0.05, 0.1) is 0 Å². The normalized spacial score (nSPS) is 9.81. The summed E-state index contributed by atoms with van der Waals surface area (Å²) in [5.74, 6) is 0.117. The van der Waals surface area contributed by atoms with Crippen molar-refractivity contribution in [2.24, 2.45) is 0 Å². The summed E-state index contributed by atoms with van der Waals surface area (Å²) in [6.07, 6.45) is 10.9. The summed E-state index contributed by atoms with van der Waals surface area (Å²) in [5, 5.41) is 8.43. The zero-order chi connectivity index (χ0) is 11.4. The van der Waals surface area contributed by atoms with Gasteiger partial charge in [0.1, 0.15) is 0 Å². The van der Waals surface area contributed by atoms with E-state index in [4.69, 9.17) is 16.7 Å². The van der Waals surface area contributed by atoms with Crippen molar-refractivity contribution in [2.75, 3.05) is 5.88 Å². The first-order valence-electron chi connectivity index (χ1n) is 6.05. The predicted octanol–water partition coefficient (Wildman–Crippen LogP) is 4.37. The first kappa shape index (κ1) is 18.1. The minimum Gasteiger partial charge on any atom is -0.481 e. The standard InChI is InChI=1S/C12H23ClO2.H3N/c13-11-9-7-5-3-1-2-4-6-8-10-12(14)15;/h1-11H2,(H,14,15);1H3. The van der Waals surface area contributed by atoms with Gasteiger partial charge in [-0.3, -0.25) is 4.79 Å². The van der Waals surface area contributed by atoms with Gasteiger partial charge < -0.3 is 11.3 Å². The number of aliphatic carboxylic acids is 1. The maximum atomic E-state index is 10.2. The number of carboxylic acid groups (broad SMARTS) is 1. The molecule has 0 saturated carbocycles. The van der Waals surface area contributed by atoms with Crippen LogP contribution in [0.5, 0.6) is 0 Å². The van der Waals surface area contributed by atoms with Crippen LogP contribution in [0, 0.1) is 0 Å². The summed E-state index contributed by atoms with van der Waals surface area (Å²) in [6, 6.07) is 0. The molecule has 0 bridgehead atoms. The fraction of sp³-hybridized carbons (Fsp3) is 0.917. The van der Waals surface area contributed by atoms with Gasteiger partial charge in [0.25, 0.3) is 0 Å². The van der Waals surface area contributed by atoms with Gasteiger partial charge in [0.2, 0.25) is 0 Å². The second kappa shape index (κ2) is 14.7. The van der Waals surface area contributed by atoms with Crippen molar-refractivity contribution >= 4 is 17.6 Å². The molecule has 0 aliphatic heterocycles. The van der Waals surface area contributed by atoms with Crippen LogP contribution >= 0.6 is 11.6 Å². The lowest BCUT2D eigenvalue weighted by Crippen LogP contribution is -1.93. The number of hydrogen-bond donors (Lipinski definition) is 2. The molecule has 0 aliphatic rings. The van der Waals surface area contributed by atoms with Crippen LogP contribution in [0.25, 0.3) is 0 Å². The lowest BCUT2D eigenvalue weighted by atomic mass is 10.1. The van der Waals surface area contributed by atoms with Crippen LogP contribution in [0.2, 0.25) is 0 Å². The Hall–Kier alpha value is -0.280. The number of carbonyl (C=O) groups is 1. The highest BCUT2D eigenvalue weighted by Gasteiger charge is 1.96. The second-order valence-corrected chi connectivity index (χ2v) is 4.39. The van der Waals surface area contributed by atoms with Gasteiger partial charge in [-0.1, -0.05) is 44.9 Å².